The Morgan fingerprint density at radius 2 is 2.21 bits per heavy atom. The van der Waals surface area contributed by atoms with E-state index in [0.717, 1.165) is 30.6 Å². The van der Waals surface area contributed by atoms with Gasteiger partial charge in [-0.2, -0.15) is 0 Å². The van der Waals surface area contributed by atoms with E-state index in [9.17, 15) is 4.79 Å². The Kier molecular flexibility index (Phi) is 2.90. The maximum atomic E-state index is 10.4. The van der Waals surface area contributed by atoms with Crippen molar-refractivity contribution in [3.63, 3.8) is 0 Å². The van der Waals surface area contributed by atoms with E-state index in [0.29, 0.717) is 6.42 Å². The summed E-state index contributed by atoms with van der Waals surface area (Å²) in [5, 5.41) is 8.56. The zero-order valence-electron chi connectivity index (χ0n) is 8.48. The van der Waals surface area contributed by atoms with Gasteiger partial charge in [-0.3, -0.25) is 4.79 Å². The van der Waals surface area contributed by atoms with Crippen LogP contribution in [0.4, 0.5) is 0 Å². The predicted molar refractivity (Wildman–Crippen MR) is 54.9 cm³/mol. The third kappa shape index (κ3) is 2.17. The minimum absolute atomic E-state index is 0.345. The van der Waals surface area contributed by atoms with Crippen molar-refractivity contribution >= 4 is 5.97 Å². The number of rotatable bonds is 4. The summed E-state index contributed by atoms with van der Waals surface area (Å²) < 4.78 is 0. The largest absolute Gasteiger partial charge is 0.481 e. The molecule has 3 aliphatic rings. The minimum Gasteiger partial charge on any atom is -0.481 e. The van der Waals surface area contributed by atoms with E-state index < -0.39 is 5.97 Å². The lowest BCUT2D eigenvalue weighted by atomic mass is 9.68. The van der Waals surface area contributed by atoms with E-state index in [-0.39, 0.29) is 0 Å². The number of carbonyl (C=O) groups is 1. The molecule has 0 aromatic heterocycles. The maximum Gasteiger partial charge on any atom is 0.303 e. The third-order valence-electron chi connectivity index (χ3n) is 3.68. The molecule has 1 saturated carbocycles. The van der Waals surface area contributed by atoms with Crippen LogP contribution in [0.2, 0.25) is 0 Å². The first-order valence-electron chi connectivity index (χ1n) is 5.66. The average Bonchev–Trinajstić information content (AvgIpc) is 2.19. The van der Waals surface area contributed by atoms with Crippen LogP contribution in [-0.2, 0) is 4.79 Å². The highest BCUT2D eigenvalue weighted by molar-refractivity contribution is 5.66. The van der Waals surface area contributed by atoms with E-state index in [1.807, 2.05) is 0 Å². The molecular weight excluding hydrogens is 176 g/mol. The molecule has 0 aromatic carbocycles. The first kappa shape index (κ1) is 9.75. The molecule has 2 heteroatoms. The molecule has 3 aliphatic carbocycles. The molecule has 3 atom stereocenters. The van der Waals surface area contributed by atoms with E-state index >= 15 is 0 Å². The van der Waals surface area contributed by atoms with Crippen LogP contribution >= 0.6 is 0 Å². The van der Waals surface area contributed by atoms with Crippen LogP contribution < -0.4 is 0 Å². The van der Waals surface area contributed by atoms with Gasteiger partial charge >= 0.3 is 5.97 Å². The Morgan fingerprint density at radius 3 is 2.71 bits per heavy atom. The minimum atomic E-state index is -0.651. The third-order valence-corrected chi connectivity index (χ3v) is 3.68. The highest BCUT2D eigenvalue weighted by atomic mass is 16.4. The second-order valence-corrected chi connectivity index (χ2v) is 4.67. The molecule has 0 aromatic rings. The zero-order chi connectivity index (χ0) is 9.97. The molecule has 0 heterocycles. The van der Waals surface area contributed by atoms with Crippen molar-refractivity contribution in [1.82, 2.24) is 0 Å². The molecule has 14 heavy (non-hydrogen) atoms. The SMILES string of the molecule is O=C(O)CCCC1CC2C=CC1CC2. The number of hydrogen-bond donors (Lipinski definition) is 1. The number of fused-ring (bicyclic) bond motifs is 2. The molecule has 78 valence electrons. The zero-order valence-corrected chi connectivity index (χ0v) is 8.48. The highest BCUT2D eigenvalue weighted by Gasteiger charge is 2.31. The second kappa shape index (κ2) is 4.16. The molecule has 0 saturated heterocycles. The molecule has 1 fully saturated rings. The van der Waals surface area contributed by atoms with E-state index in [1.54, 1.807) is 0 Å². The van der Waals surface area contributed by atoms with Crippen LogP contribution in [-0.4, -0.2) is 11.1 Å². The van der Waals surface area contributed by atoms with Gasteiger partial charge < -0.3 is 5.11 Å². The summed E-state index contributed by atoms with van der Waals surface area (Å²) in [4.78, 5) is 10.4. The molecule has 0 spiro atoms. The fourth-order valence-electron chi connectivity index (χ4n) is 2.90. The molecule has 0 radical (unpaired) electrons. The first-order valence-corrected chi connectivity index (χ1v) is 5.66. The lowest BCUT2D eigenvalue weighted by molar-refractivity contribution is -0.137. The topological polar surface area (TPSA) is 37.3 Å². The summed E-state index contributed by atoms with van der Waals surface area (Å²) in [5.41, 5.74) is 0. The van der Waals surface area contributed by atoms with Crippen LogP contribution in [0.25, 0.3) is 0 Å². The van der Waals surface area contributed by atoms with Crippen molar-refractivity contribution in [3.05, 3.63) is 12.2 Å². The smallest absolute Gasteiger partial charge is 0.303 e. The maximum absolute atomic E-state index is 10.4. The van der Waals surface area contributed by atoms with Gasteiger partial charge in [0, 0.05) is 6.42 Å². The molecule has 2 bridgehead atoms. The van der Waals surface area contributed by atoms with Gasteiger partial charge in [0.25, 0.3) is 0 Å². The van der Waals surface area contributed by atoms with Gasteiger partial charge in [-0.1, -0.05) is 12.2 Å². The molecular formula is C12H18O2. The van der Waals surface area contributed by atoms with Crippen LogP contribution in [0.5, 0.6) is 0 Å². The summed E-state index contributed by atoms with van der Waals surface area (Å²) in [6, 6.07) is 0. The van der Waals surface area contributed by atoms with Gasteiger partial charge in [-0.15, -0.1) is 0 Å². The number of hydrogen-bond acceptors (Lipinski definition) is 1. The standard InChI is InChI=1S/C12H18O2/c13-12(14)3-1-2-11-8-9-4-6-10(11)7-5-9/h4,6,9-11H,1-3,5,7-8H2,(H,13,14). The van der Waals surface area contributed by atoms with Crippen molar-refractivity contribution < 1.29 is 9.90 Å². The fourth-order valence-corrected chi connectivity index (χ4v) is 2.90. The Hall–Kier alpha value is -0.790. The highest BCUT2D eigenvalue weighted by Crippen LogP contribution is 2.42. The van der Waals surface area contributed by atoms with Crippen molar-refractivity contribution in [1.29, 1.82) is 0 Å². The normalized spacial score (nSPS) is 34.7. The van der Waals surface area contributed by atoms with Crippen molar-refractivity contribution in [2.75, 3.05) is 0 Å². The Morgan fingerprint density at radius 1 is 1.36 bits per heavy atom. The van der Waals surface area contributed by atoms with Crippen LogP contribution in [0.15, 0.2) is 12.2 Å². The molecule has 0 amide bonds. The Balaban J connectivity index is 1.77. The van der Waals surface area contributed by atoms with Crippen LogP contribution in [0.3, 0.4) is 0 Å². The van der Waals surface area contributed by atoms with Gasteiger partial charge in [0.1, 0.15) is 0 Å². The molecule has 0 aliphatic heterocycles. The van der Waals surface area contributed by atoms with Gasteiger partial charge in [0.05, 0.1) is 0 Å². The van der Waals surface area contributed by atoms with Gasteiger partial charge in [0.2, 0.25) is 0 Å². The second-order valence-electron chi connectivity index (χ2n) is 4.67. The summed E-state index contributed by atoms with van der Waals surface area (Å²) in [6.45, 7) is 0. The molecule has 3 unspecified atom stereocenters. The Labute approximate surface area is 85.0 Å². The molecule has 1 N–H and O–H groups in total. The summed E-state index contributed by atoms with van der Waals surface area (Å²) in [6.07, 6.45) is 11.0. The lowest BCUT2D eigenvalue weighted by Crippen LogP contribution is -2.27. The van der Waals surface area contributed by atoms with Crippen molar-refractivity contribution in [2.24, 2.45) is 17.8 Å². The summed E-state index contributed by atoms with van der Waals surface area (Å²) in [7, 11) is 0. The van der Waals surface area contributed by atoms with E-state index in [1.165, 1.54) is 19.3 Å². The Bertz CT molecular complexity index is 245. The van der Waals surface area contributed by atoms with Gasteiger partial charge in [-0.25, -0.2) is 0 Å². The van der Waals surface area contributed by atoms with Crippen molar-refractivity contribution in [3.8, 4) is 0 Å². The van der Waals surface area contributed by atoms with Gasteiger partial charge in [0.15, 0.2) is 0 Å². The number of aliphatic carboxylic acids is 1. The fraction of sp³-hybridized carbons (Fsp3) is 0.750. The van der Waals surface area contributed by atoms with Crippen molar-refractivity contribution in [2.45, 2.75) is 38.5 Å². The lowest BCUT2D eigenvalue weighted by Gasteiger charge is -2.38. The van der Waals surface area contributed by atoms with Gasteiger partial charge in [-0.05, 0) is 49.9 Å². The molecule has 3 rings (SSSR count). The molecule has 2 nitrogen and oxygen atoms in total. The summed E-state index contributed by atoms with van der Waals surface area (Å²) in [5.74, 6) is 1.68. The quantitative estimate of drug-likeness (QED) is 0.699. The number of carboxylic acid groups (broad SMARTS) is 1. The first-order chi connectivity index (χ1) is 6.75. The monoisotopic (exact) mass is 194 g/mol. The summed E-state index contributed by atoms with van der Waals surface area (Å²) >= 11 is 0. The number of carboxylic acids is 1. The van der Waals surface area contributed by atoms with Crippen LogP contribution in [0, 0.1) is 17.8 Å². The van der Waals surface area contributed by atoms with E-state index in [2.05, 4.69) is 12.2 Å². The van der Waals surface area contributed by atoms with E-state index in [4.69, 9.17) is 5.11 Å². The number of allylic oxidation sites excluding steroid dienone is 2. The van der Waals surface area contributed by atoms with Crippen LogP contribution in [0.1, 0.15) is 38.5 Å². The average molecular weight is 194 g/mol. The predicted octanol–water partition coefficient (Wildman–Crippen LogP) is 2.84.